The van der Waals surface area contributed by atoms with Gasteiger partial charge in [0.2, 0.25) is 0 Å². The molecule has 1 amide bonds. The summed E-state index contributed by atoms with van der Waals surface area (Å²) < 4.78 is 5.43. The number of nitrogens with one attached hydrogen (secondary N) is 1. The van der Waals surface area contributed by atoms with Gasteiger partial charge in [-0.15, -0.1) is 11.3 Å². The van der Waals surface area contributed by atoms with E-state index in [1.54, 1.807) is 18.2 Å². The van der Waals surface area contributed by atoms with E-state index in [2.05, 4.69) is 22.1 Å². The monoisotopic (exact) mass is 413 g/mol. The normalized spacial score (nSPS) is 17.9. The van der Waals surface area contributed by atoms with Crippen LogP contribution < -0.4 is 10.1 Å². The predicted octanol–water partition coefficient (Wildman–Crippen LogP) is 4.70. The molecule has 3 rings (SSSR count). The smallest absolute Gasteiger partial charge is 0.264 e. The molecule has 26 heavy (non-hydrogen) atoms. The van der Waals surface area contributed by atoms with Gasteiger partial charge < -0.3 is 4.74 Å². The van der Waals surface area contributed by atoms with Crippen LogP contribution >= 0.6 is 34.5 Å². The Bertz CT molecular complexity index is 769. The first-order valence-electron chi connectivity index (χ1n) is 8.54. The summed E-state index contributed by atoms with van der Waals surface area (Å²) >= 11 is 13.2. The molecule has 0 radical (unpaired) electrons. The first-order chi connectivity index (χ1) is 12.5. The van der Waals surface area contributed by atoms with E-state index in [1.807, 2.05) is 5.38 Å². The fourth-order valence-corrected chi connectivity index (χ4v) is 3.97. The number of amides is 1. The first-order valence-corrected chi connectivity index (χ1v) is 10.2. The second-order valence-electron chi connectivity index (χ2n) is 6.54. The SMILES string of the molecule is CC1CCCN(Cc2csc(NC(=O)COc3ccc(Cl)c(Cl)c3)n2)C1. The average molecular weight is 414 g/mol. The molecule has 140 valence electrons. The minimum Gasteiger partial charge on any atom is -0.484 e. The van der Waals surface area contributed by atoms with Crippen molar-refractivity contribution in [3.63, 3.8) is 0 Å². The molecule has 1 N–H and O–H groups in total. The molecule has 1 atom stereocenters. The summed E-state index contributed by atoms with van der Waals surface area (Å²) in [5, 5.41) is 6.19. The van der Waals surface area contributed by atoms with E-state index in [9.17, 15) is 4.79 Å². The van der Waals surface area contributed by atoms with Crippen molar-refractivity contribution in [1.82, 2.24) is 9.88 Å². The Balaban J connectivity index is 1.47. The molecule has 1 aliphatic rings. The van der Waals surface area contributed by atoms with E-state index in [4.69, 9.17) is 27.9 Å². The molecule has 1 aromatic heterocycles. The van der Waals surface area contributed by atoms with Gasteiger partial charge in [-0.3, -0.25) is 15.0 Å². The summed E-state index contributed by atoms with van der Waals surface area (Å²) in [6.07, 6.45) is 2.54. The standard InChI is InChI=1S/C18H21Cl2N3O2S/c1-12-3-2-6-23(8-12)9-13-11-26-18(21-13)22-17(24)10-25-14-4-5-15(19)16(20)7-14/h4-5,7,11-12H,2-3,6,8-10H2,1H3,(H,21,22,24). The van der Waals surface area contributed by atoms with Crippen LogP contribution in [0.1, 0.15) is 25.5 Å². The third kappa shape index (κ3) is 5.58. The van der Waals surface area contributed by atoms with Crippen molar-refractivity contribution in [1.29, 1.82) is 0 Å². The van der Waals surface area contributed by atoms with E-state index in [0.29, 0.717) is 20.9 Å². The van der Waals surface area contributed by atoms with Gasteiger partial charge in [-0.2, -0.15) is 0 Å². The second-order valence-corrected chi connectivity index (χ2v) is 8.21. The third-order valence-electron chi connectivity index (χ3n) is 4.19. The highest BCUT2D eigenvalue weighted by Crippen LogP contribution is 2.26. The molecule has 2 heterocycles. The molecule has 1 saturated heterocycles. The van der Waals surface area contributed by atoms with Crippen molar-refractivity contribution >= 4 is 45.6 Å². The van der Waals surface area contributed by atoms with Gasteiger partial charge in [0.25, 0.3) is 5.91 Å². The Morgan fingerprint density at radius 2 is 2.27 bits per heavy atom. The number of benzene rings is 1. The number of halogens is 2. The molecule has 1 unspecified atom stereocenters. The zero-order chi connectivity index (χ0) is 18.5. The number of hydrogen-bond acceptors (Lipinski definition) is 5. The van der Waals surface area contributed by atoms with E-state index in [-0.39, 0.29) is 12.5 Å². The number of piperidine rings is 1. The van der Waals surface area contributed by atoms with Crippen LogP contribution in [0.15, 0.2) is 23.6 Å². The van der Waals surface area contributed by atoms with Crippen LogP contribution in [0.5, 0.6) is 5.75 Å². The van der Waals surface area contributed by atoms with Crippen molar-refractivity contribution in [2.24, 2.45) is 5.92 Å². The lowest BCUT2D eigenvalue weighted by atomic mass is 10.0. The highest BCUT2D eigenvalue weighted by atomic mass is 35.5. The molecule has 1 aliphatic heterocycles. The molecule has 1 fully saturated rings. The molecule has 1 aromatic carbocycles. The van der Waals surface area contributed by atoms with Gasteiger partial charge in [0.05, 0.1) is 15.7 Å². The number of carbonyl (C=O) groups excluding carboxylic acids is 1. The van der Waals surface area contributed by atoms with Crippen molar-refractivity contribution < 1.29 is 9.53 Å². The van der Waals surface area contributed by atoms with Crippen LogP contribution in [-0.4, -0.2) is 35.5 Å². The highest BCUT2D eigenvalue weighted by molar-refractivity contribution is 7.13. The highest BCUT2D eigenvalue weighted by Gasteiger charge is 2.17. The summed E-state index contributed by atoms with van der Waals surface area (Å²) in [4.78, 5) is 19.0. The van der Waals surface area contributed by atoms with E-state index in [1.165, 1.54) is 24.2 Å². The Kier molecular flexibility index (Phi) is 6.75. The zero-order valence-electron chi connectivity index (χ0n) is 14.5. The summed E-state index contributed by atoms with van der Waals surface area (Å²) in [7, 11) is 0. The Morgan fingerprint density at radius 3 is 3.04 bits per heavy atom. The van der Waals surface area contributed by atoms with E-state index < -0.39 is 0 Å². The van der Waals surface area contributed by atoms with Gasteiger partial charge in [0.1, 0.15) is 5.75 Å². The molecule has 0 spiro atoms. The largest absolute Gasteiger partial charge is 0.484 e. The van der Waals surface area contributed by atoms with Crippen LogP contribution in [-0.2, 0) is 11.3 Å². The van der Waals surface area contributed by atoms with Crippen LogP contribution in [0.2, 0.25) is 10.0 Å². The van der Waals surface area contributed by atoms with Crippen LogP contribution in [0.3, 0.4) is 0 Å². The summed E-state index contributed by atoms with van der Waals surface area (Å²) in [6, 6.07) is 4.88. The van der Waals surface area contributed by atoms with Gasteiger partial charge in [-0.1, -0.05) is 30.1 Å². The van der Waals surface area contributed by atoms with Crippen molar-refractivity contribution in [2.45, 2.75) is 26.3 Å². The van der Waals surface area contributed by atoms with Gasteiger partial charge in [-0.25, -0.2) is 4.98 Å². The fourth-order valence-electron chi connectivity index (χ4n) is 2.97. The number of carbonyl (C=O) groups is 1. The molecule has 0 saturated carbocycles. The van der Waals surface area contributed by atoms with Gasteiger partial charge in [0, 0.05) is 24.5 Å². The summed E-state index contributed by atoms with van der Waals surface area (Å²) in [5.41, 5.74) is 0.991. The molecule has 2 aromatic rings. The number of aromatic nitrogens is 1. The van der Waals surface area contributed by atoms with Crippen LogP contribution in [0.25, 0.3) is 0 Å². The van der Waals surface area contributed by atoms with E-state index >= 15 is 0 Å². The number of nitrogens with zero attached hydrogens (tertiary/aromatic N) is 2. The maximum atomic E-state index is 12.0. The number of ether oxygens (including phenoxy) is 1. The van der Waals surface area contributed by atoms with Gasteiger partial charge in [-0.05, 0) is 37.4 Å². The van der Waals surface area contributed by atoms with Crippen molar-refractivity contribution in [2.75, 3.05) is 25.0 Å². The van der Waals surface area contributed by atoms with Crippen molar-refractivity contribution in [3.05, 3.63) is 39.3 Å². The molecular formula is C18H21Cl2N3O2S. The summed E-state index contributed by atoms with van der Waals surface area (Å²) in [5.74, 6) is 0.970. The first kappa shape index (κ1) is 19.4. The Labute approximate surface area is 167 Å². The van der Waals surface area contributed by atoms with E-state index in [0.717, 1.165) is 31.2 Å². The van der Waals surface area contributed by atoms with Gasteiger partial charge >= 0.3 is 0 Å². The van der Waals surface area contributed by atoms with Crippen molar-refractivity contribution in [3.8, 4) is 5.75 Å². The fraction of sp³-hybridized carbons (Fsp3) is 0.444. The maximum absolute atomic E-state index is 12.0. The van der Waals surface area contributed by atoms with Crippen LogP contribution in [0.4, 0.5) is 5.13 Å². The predicted molar refractivity (Wildman–Crippen MR) is 106 cm³/mol. The molecular weight excluding hydrogens is 393 g/mol. The number of thiazole rings is 1. The van der Waals surface area contributed by atoms with Gasteiger partial charge in [0.15, 0.2) is 11.7 Å². The minimum absolute atomic E-state index is 0.115. The number of rotatable bonds is 6. The Hall–Kier alpha value is -1.34. The number of anilines is 1. The average Bonchev–Trinajstić information content (AvgIpc) is 3.03. The second kappa shape index (κ2) is 9.04. The summed E-state index contributed by atoms with van der Waals surface area (Å²) in [6.45, 7) is 5.22. The lowest BCUT2D eigenvalue weighted by Crippen LogP contribution is -2.33. The lowest BCUT2D eigenvalue weighted by Gasteiger charge is -2.30. The number of likely N-dealkylation sites (tertiary alicyclic amines) is 1. The Morgan fingerprint density at radius 1 is 1.42 bits per heavy atom. The topological polar surface area (TPSA) is 54.5 Å². The van der Waals surface area contributed by atoms with Crippen LogP contribution in [0, 0.1) is 5.92 Å². The zero-order valence-corrected chi connectivity index (χ0v) is 16.8. The minimum atomic E-state index is -0.261. The molecule has 0 aliphatic carbocycles. The number of hydrogen-bond donors (Lipinski definition) is 1. The third-order valence-corrected chi connectivity index (χ3v) is 5.73. The maximum Gasteiger partial charge on any atom is 0.264 e. The lowest BCUT2D eigenvalue weighted by molar-refractivity contribution is -0.118. The molecule has 0 bridgehead atoms. The molecule has 5 nitrogen and oxygen atoms in total. The quantitative estimate of drug-likeness (QED) is 0.745. The molecule has 8 heteroatoms.